The molecule has 2 heterocycles. The van der Waals surface area contributed by atoms with Gasteiger partial charge in [0.2, 0.25) is 5.91 Å². The maximum absolute atomic E-state index is 12.5. The van der Waals surface area contributed by atoms with Gasteiger partial charge in [0.1, 0.15) is 0 Å². The quantitative estimate of drug-likeness (QED) is 0.756. The van der Waals surface area contributed by atoms with Gasteiger partial charge in [0.25, 0.3) is 0 Å². The molecule has 0 spiro atoms. The first-order valence-electron chi connectivity index (χ1n) is 7.83. The van der Waals surface area contributed by atoms with E-state index in [1.807, 2.05) is 0 Å². The topological polar surface area (TPSA) is 32.8 Å². The van der Waals surface area contributed by atoms with Crippen LogP contribution in [-0.2, 0) is 9.53 Å². The van der Waals surface area contributed by atoms with Crippen LogP contribution in [0.25, 0.3) is 0 Å². The summed E-state index contributed by atoms with van der Waals surface area (Å²) < 4.78 is 5.88. The first kappa shape index (κ1) is 13.4. The Morgan fingerprint density at radius 3 is 2.79 bits per heavy atom. The van der Waals surface area contributed by atoms with Crippen LogP contribution in [-0.4, -0.2) is 60.6 Å². The molecule has 0 unspecified atom stereocenters. The number of hydrogen-bond acceptors (Lipinski definition) is 3. The van der Waals surface area contributed by atoms with Crippen molar-refractivity contribution in [3.8, 4) is 0 Å². The van der Waals surface area contributed by atoms with Crippen molar-refractivity contribution in [1.82, 2.24) is 9.80 Å². The summed E-state index contributed by atoms with van der Waals surface area (Å²) in [6, 6.07) is 0.425. The van der Waals surface area contributed by atoms with E-state index in [1.54, 1.807) is 0 Å². The molecule has 0 bridgehead atoms. The number of carbonyl (C=O) groups is 1. The molecule has 19 heavy (non-hydrogen) atoms. The van der Waals surface area contributed by atoms with Crippen LogP contribution in [0.2, 0.25) is 0 Å². The van der Waals surface area contributed by atoms with Crippen LogP contribution in [0.4, 0.5) is 0 Å². The molecule has 4 nitrogen and oxygen atoms in total. The summed E-state index contributed by atoms with van der Waals surface area (Å²) in [5, 5.41) is 0. The van der Waals surface area contributed by atoms with Crippen LogP contribution >= 0.6 is 0 Å². The second-order valence-electron chi connectivity index (χ2n) is 6.45. The number of piperidine rings is 1. The molecular weight excluding hydrogens is 240 g/mol. The number of hydrogen-bond donors (Lipinski definition) is 0. The third-order valence-electron chi connectivity index (χ3n) is 5.14. The third-order valence-corrected chi connectivity index (χ3v) is 5.14. The summed E-state index contributed by atoms with van der Waals surface area (Å²) in [4.78, 5) is 17.1. The number of ether oxygens (including phenoxy) is 1. The van der Waals surface area contributed by atoms with Crippen molar-refractivity contribution in [3.63, 3.8) is 0 Å². The molecule has 2 aliphatic heterocycles. The van der Waals surface area contributed by atoms with E-state index in [-0.39, 0.29) is 0 Å². The van der Waals surface area contributed by atoms with E-state index in [2.05, 4.69) is 23.6 Å². The summed E-state index contributed by atoms with van der Waals surface area (Å²) in [5.41, 5.74) is 0. The fraction of sp³-hybridized carbons (Fsp3) is 0.933. The molecule has 2 saturated heterocycles. The normalized spacial score (nSPS) is 39.6. The first-order chi connectivity index (χ1) is 9.19. The van der Waals surface area contributed by atoms with Crippen molar-refractivity contribution < 1.29 is 9.53 Å². The van der Waals surface area contributed by atoms with Gasteiger partial charge in [0, 0.05) is 25.6 Å². The van der Waals surface area contributed by atoms with Gasteiger partial charge in [-0.1, -0.05) is 13.8 Å². The van der Waals surface area contributed by atoms with Crippen molar-refractivity contribution in [2.75, 3.05) is 32.8 Å². The van der Waals surface area contributed by atoms with Crippen molar-refractivity contribution in [2.24, 2.45) is 11.8 Å². The minimum Gasteiger partial charge on any atom is -0.375 e. The van der Waals surface area contributed by atoms with Crippen molar-refractivity contribution in [3.05, 3.63) is 0 Å². The van der Waals surface area contributed by atoms with Crippen LogP contribution < -0.4 is 0 Å². The molecular formula is C15H26N2O2. The van der Waals surface area contributed by atoms with Crippen LogP contribution in [0.3, 0.4) is 0 Å². The van der Waals surface area contributed by atoms with Crippen LogP contribution in [0, 0.1) is 11.8 Å². The molecule has 3 fully saturated rings. The number of likely N-dealkylation sites (N-methyl/N-ethyl adjacent to an activating group) is 1. The number of fused-ring (bicyclic) bond motifs is 1. The lowest BCUT2D eigenvalue weighted by atomic mass is 9.75. The lowest BCUT2D eigenvalue weighted by molar-refractivity contribution is -0.150. The lowest BCUT2D eigenvalue weighted by Gasteiger charge is -2.48. The highest BCUT2D eigenvalue weighted by molar-refractivity contribution is 5.79. The zero-order valence-corrected chi connectivity index (χ0v) is 12.2. The predicted octanol–water partition coefficient (Wildman–Crippen LogP) is 1.35. The molecule has 0 aromatic rings. The Kier molecular flexibility index (Phi) is 3.81. The van der Waals surface area contributed by atoms with Gasteiger partial charge in [0.15, 0.2) is 0 Å². The predicted molar refractivity (Wildman–Crippen MR) is 73.9 cm³/mol. The molecule has 108 valence electrons. The number of likely N-dealkylation sites (tertiary alicyclic amines) is 1. The summed E-state index contributed by atoms with van der Waals surface area (Å²) in [5.74, 6) is 1.46. The third kappa shape index (κ3) is 2.52. The number of amides is 1. The fourth-order valence-electron chi connectivity index (χ4n) is 3.90. The van der Waals surface area contributed by atoms with E-state index in [0.29, 0.717) is 24.0 Å². The van der Waals surface area contributed by atoms with Gasteiger partial charge in [-0.3, -0.25) is 9.69 Å². The number of rotatable bonds is 2. The molecule has 2 atom stereocenters. The van der Waals surface area contributed by atoms with Crippen molar-refractivity contribution >= 4 is 5.91 Å². The average Bonchev–Trinajstić information content (AvgIpc) is 2.42. The van der Waals surface area contributed by atoms with E-state index >= 15 is 0 Å². The van der Waals surface area contributed by atoms with Gasteiger partial charge in [0.05, 0.1) is 18.8 Å². The van der Waals surface area contributed by atoms with Gasteiger partial charge in [-0.15, -0.1) is 0 Å². The Balaban J connectivity index is 1.61. The van der Waals surface area contributed by atoms with E-state index < -0.39 is 0 Å². The molecule has 3 rings (SSSR count). The zero-order valence-electron chi connectivity index (χ0n) is 12.2. The smallest absolute Gasteiger partial charge is 0.225 e. The van der Waals surface area contributed by atoms with Gasteiger partial charge in [-0.05, 0) is 31.7 Å². The first-order valence-corrected chi connectivity index (χ1v) is 7.83. The Morgan fingerprint density at radius 1 is 1.32 bits per heavy atom. The minimum atomic E-state index is 0.311. The summed E-state index contributed by atoms with van der Waals surface area (Å²) in [7, 11) is 0. The monoisotopic (exact) mass is 266 g/mol. The van der Waals surface area contributed by atoms with Gasteiger partial charge in [-0.2, -0.15) is 0 Å². The van der Waals surface area contributed by atoms with Gasteiger partial charge in [-0.25, -0.2) is 0 Å². The molecule has 1 aliphatic carbocycles. The average molecular weight is 266 g/mol. The van der Waals surface area contributed by atoms with Gasteiger partial charge >= 0.3 is 0 Å². The minimum absolute atomic E-state index is 0.311. The molecule has 1 saturated carbocycles. The number of morpholine rings is 1. The van der Waals surface area contributed by atoms with E-state index in [9.17, 15) is 4.79 Å². The van der Waals surface area contributed by atoms with Crippen LogP contribution in [0.1, 0.15) is 33.1 Å². The molecule has 0 N–H and O–H groups in total. The fourth-order valence-corrected chi connectivity index (χ4v) is 3.90. The van der Waals surface area contributed by atoms with Crippen LogP contribution in [0.15, 0.2) is 0 Å². The summed E-state index contributed by atoms with van der Waals surface area (Å²) >= 11 is 0. The highest BCUT2D eigenvalue weighted by Gasteiger charge is 2.41. The highest BCUT2D eigenvalue weighted by Crippen LogP contribution is 2.35. The molecule has 4 heteroatoms. The Labute approximate surface area is 116 Å². The molecule has 0 aromatic heterocycles. The standard InChI is InChI=1S/C15H26N2O2/c1-3-16-6-7-19-14-4-5-17(10-13(14)16)15(18)12-8-11(2)9-12/h11-14H,3-10H2,1-2H3/t11?,12?,13-,14-/m0/s1. The molecule has 0 aromatic carbocycles. The lowest BCUT2D eigenvalue weighted by Crippen LogP contribution is -2.61. The SMILES string of the molecule is CCN1CCO[C@H]2CCN(C(=O)C3CC(C)C3)C[C@@H]21. The summed E-state index contributed by atoms with van der Waals surface area (Å²) in [6.07, 6.45) is 3.54. The van der Waals surface area contributed by atoms with Crippen molar-refractivity contribution in [2.45, 2.75) is 45.3 Å². The maximum atomic E-state index is 12.5. The van der Waals surface area contributed by atoms with Crippen molar-refractivity contribution in [1.29, 1.82) is 0 Å². The van der Waals surface area contributed by atoms with Crippen LogP contribution in [0.5, 0.6) is 0 Å². The summed E-state index contributed by atoms with van der Waals surface area (Å²) in [6.45, 7) is 9.14. The highest BCUT2D eigenvalue weighted by atomic mass is 16.5. The number of carbonyl (C=O) groups excluding carboxylic acids is 1. The second-order valence-corrected chi connectivity index (χ2v) is 6.45. The molecule has 1 amide bonds. The maximum Gasteiger partial charge on any atom is 0.225 e. The number of nitrogens with zero attached hydrogens (tertiary/aromatic N) is 2. The van der Waals surface area contributed by atoms with E-state index in [1.165, 1.54) is 0 Å². The van der Waals surface area contributed by atoms with E-state index in [0.717, 1.165) is 58.0 Å². The molecule has 0 radical (unpaired) electrons. The van der Waals surface area contributed by atoms with E-state index in [4.69, 9.17) is 4.74 Å². The Morgan fingerprint density at radius 2 is 2.11 bits per heavy atom. The Bertz CT molecular complexity index is 335. The Hall–Kier alpha value is -0.610. The zero-order chi connectivity index (χ0) is 13.4. The van der Waals surface area contributed by atoms with Gasteiger partial charge < -0.3 is 9.64 Å². The second kappa shape index (κ2) is 5.41. The largest absolute Gasteiger partial charge is 0.375 e. The molecule has 3 aliphatic rings.